The number of hydrogen-bond donors (Lipinski definition) is 2. The van der Waals surface area contributed by atoms with Gasteiger partial charge < -0.3 is 14.9 Å². The van der Waals surface area contributed by atoms with Crippen LogP contribution in [-0.2, 0) is 14.3 Å². The minimum Gasteiger partial charge on any atom is -0.486 e. The summed E-state index contributed by atoms with van der Waals surface area (Å²) in [5, 5.41) is 17.8. The Morgan fingerprint density at radius 2 is 1.69 bits per heavy atom. The highest BCUT2D eigenvalue weighted by atomic mass is 16.5. The summed E-state index contributed by atoms with van der Waals surface area (Å²) in [6, 6.07) is 0. The number of hydrogen-bond acceptors (Lipinski definition) is 3. The molecule has 0 amide bonds. The molecule has 0 rings (SSSR count). The third kappa shape index (κ3) is 4.82. The maximum Gasteiger partial charge on any atom is 0.371 e. The minimum absolute atomic E-state index is 0.161. The van der Waals surface area contributed by atoms with E-state index in [0.717, 1.165) is 6.42 Å². The summed E-state index contributed by atoms with van der Waals surface area (Å²) < 4.78 is 5.02. The summed E-state index contributed by atoms with van der Waals surface area (Å²) in [4.78, 5) is 21.7. The van der Waals surface area contributed by atoms with Gasteiger partial charge in [-0.05, 0) is 12.8 Å². The van der Waals surface area contributed by atoms with Crippen LogP contribution in [-0.4, -0.2) is 28.8 Å². The Morgan fingerprint density at radius 3 is 2.06 bits per heavy atom. The average molecular weight is 230 g/mol. The van der Waals surface area contributed by atoms with Gasteiger partial charge in [0.15, 0.2) is 0 Å². The summed E-state index contributed by atoms with van der Waals surface area (Å²) in [6.45, 7) is 3.96. The Kier molecular flexibility index (Phi) is 7.00. The molecule has 0 aromatic carbocycles. The first kappa shape index (κ1) is 14.5. The highest BCUT2D eigenvalue weighted by Gasteiger charge is 2.20. The quantitative estimate of drug-likeness (QED) is 0.378. The lowest BCUT2D eigenvalue weighted by Crippen LogP contribution is -2.14. The first-order chi connectivity index (χ1) is 7.54. The number of unbranched alkanes of at least 4 members (excludes halogenated alkanes) is 1. The number of carboxylic acids is 2. The Labute approximate surface area is 94.7 Å². The fourth-order valence-electron chi connectivity index (χ4n) is 1.16. The predicted octanol–water partition coefficient (Wildman–Crippen LogP) is 2.03. The van der Waals surface area contributed by atoms with Crippen molar-refractivity contribution in [2.75, 3.05) is 6.61 Å². The monoisotopic (exact) mass is 230 g/mol. The van der Waals surface area contributed by atoms with E-state index in [4.69, 9.17) is 14.9 Å². The Balaban J connectivity index is 4.84. The number of carbonyl (C=O) groups is 2. The second-order valence-corrected chi connectivity index (χ2v) is 3.37. The summed E-state index contributed by atoms with van der Waals surface area (Å²) in [6.07, 6.45) is 2.33. The van der Waals surface area contributed by atoms with E-state index in [2.05, 4.69) is 0 Å². The summed E-state index contributed by atoms with van der Waals surface area (Å²) in [5.41, 5.74) is -0.161. The standard InChI is InChI=1S/C11H18O5/c1-3-5-7-16-9(11(14)15)8(6-4-2)10(12)13/h3-7H2,1-2H3,(H,12,13)(H,14,15)/b9-8+. The molecule has 0 aromatic rings. The highest BCUT2D eigenvalue weighted by Crippen LogP contribution is 2.14. The molecule has 0 atom stereocenters. The summed E-state index contributed by atoms with van der Waals surface area (Å²) in [5.74, 6) is -2.97. The van der Waals surface area contributed by atoms with E-state index >= 15 is 0 Å². The molecule has 0 aliphatic rings. The third-order valence-corrected chi connectivity index (χ3v) is 1.97. The smallest absolute Gasteiger partial charge is 0.371 e. The fourth-order valence-corrected chi connectivity index (χ4v) is 1.16. The largest absolute Gasteiger partial charge is 0.486 e. The van der Waals surface area contributed by atoms with Gasteiger partial charge in [0.25, 0.3) is 0 Å². The summed E-state index contributed by atoms with van der Waals surface area (Å²) >= 11 is 0. The fraction of sp³-hybridized carbons (Fsp3) is 0.636. The van der Waals surface area contributed by atoms with Crippen molar-refractivity contribution < 1.29 is 24.5 Å². The van der Waals surface area contributed by atoms with Gasteiger partial charge in [-0.25, -0.2) is 9.59 Å². The van der Waals surface area contributed by atoms with Crippen molar-refractivity contribution in [2.24, 2.45) is 0 Å². The van der Waals surface area contributed by atoms with E-state index < -0.39 is 17.7 Å². The van der Waals surface area contributed by atoms with Crippen LogP contribution in [0, 0.1) is 0 Å². The van der Waals surface area contributed by atoms with Crippen LogP contribution in [0.1, 0.15) is 39.5 Å². The third-order valence-electron chi connectivity index (χ3n) is 1.97. The van der Waals surface area contributed by atoms with Crippen molar-refractivity contribution in [1.82, 2.24) is 0 Å². The first-order valence-corrected chi connectivity index (χ1v) is 5.37. The van der Waals surface area contributed by atoms with E-state index in [1.165, 1.54) is 0 Å². The van der Waals surface area contributed by atoms with Crippen molar-refractivity contribution in [3.05, 3.63) is 11.3 Å². The highest BCUT2D eigenvalue weighted by molar-refractivity contribution is 5.97. The molecule has 0 radical (unpaired) electrons. The number of carboxylic acid groups (broad SMARTS) is 2. The van der Waals surface area contributed by atoms with Crippen LogP contribution in [0.15, 0.2) is 11.3 Å². The molecular weight excluding hydrogens is 212 g/mol. The first-order valence-electron chi connectivity index (χ1n) is 5.37. The average Bonchev–Trinajstić information content (AvgIpc) is 2.21. The Bertz CT molecular complexity index is 280. The van der Waals surface area contributed by atoms with Gasteiger partial charge in [0.05, 0.1) is 12.2 Å². The molecule has 0 heterocycles. The molecule has 0 fully saturated rings. The van der Waals surface area contributed by atoms with Gasteiger partial charge in [0.1, 0.15) is 0 Å². The number of ether oxygens (including phenoxy) is 1. The molecular formula is C11H18O5. The lowest BCUT2D eigenvalue weighted by molar-refractivity contribution is -0.139. The molecule has 5 nitrogen and oxygen atoms in total. The zero-order valence-electron chi connectivity index (χ0n) is 9.65. The number of aliphatic carboxylic acids is 2. The maximum absolute atomic E-state index is 10.9. The van der Waals surface area contributed by atoms with Gasteiger partial charge in [-0.1, -0.05) is 26.7 Å². The molecule has 0 bridgehead atoms. The minimum atomic E-state index is -1.32. The van der Waals surface area contributed by atoms with E-state index in [1.807, 2.05) is 6.92 Å². The van der Waals surface area contributed by atoms with Crippen molar-refractivity contribution in [3.8, 4) is 0 Å². The molecule has 0 saturated heterocycles. The molecule has 5 heteroatoms. The van der Waals surface area contributed by atoms with Gasteiger partial charge in [0.2, 0.25) is 5.76 Å². The van der Waals surface area contributed by atoms with Crippen molar-refractivity contribution in [1.29, 1.82) is 0 Å². The second kappa shape index (κ2) is 7.73. The number of rotatable bonds is 8. The molecule has 0 aliphatic heterocycles. The summed E-state index contributed by atoms with van der Waals surface area (Å²) in [7, 11) is 0. The van der Waals surface area contributed by atoms with Crippen LogP contribution >= 0.6 is 0 Å². The lowest BCUT2D eigenvalue weighted by atomic mass is 10.1. The zero-order chi connectivity index (χ0) is 12.6. The van der Waals surface area contributed by atoms with Gasteiger partial charge in [-0.3, -0.25) is 0 Å². The maximum atomic E-state index is 10.9. The van der Waals surface area contributed by atoms with Crippen molar-refractivity contribution >= 4 is 11.9 Å². The van der Waals surface area contributed by atoms with Gasteiger partial charge in [-0.2, -0.15) is 0 Å². The van der Waals surface area contributed by atoms with Crippen LogP contribution in [0.4, 0.5) is 0 Å². The van der Waals surface area contributed by atoms with Crippen LogP contribution in [0.5, 0.6) is 0 Å². The molecule has 16 heavy (non-hydrogen) atoms. The van der Waals surface area contributed by atoms with Gasteiger partial charge >= 0.3 is 11.9 Å². The normalized spacial score (nSPS) is 11.9. The zero-order valence-corrected chi connectivity index (χ0v) is 9.65. The van der Waals surface area contributed by atoms with Crippen LogP contribution in [0.3, 0.4) is 0 Å². The molecule has 0 aromatic heterocycles. The lowest BCUT2D eigenvalue weighted by Gasteiger charge is -2.09. The molecule has 0 aliphatic carbocycles. The predicted molar refractivity (Wildman–Crippen MR) is 58.1 cm³/mol. The second-order valence-electron chi connectivity index (χ2n) is 3.37. The molecule has 0 saturated carbocycles. The van der Waals surface area contributed by atoms with E-state index in [9.17, 15) is 9.59 Å². The van der Waals surface area contributed by atoms with E-state index in [-0.39, 0.29) is 18.6 Å². The molecule has 92 valence electrons. The SMILES string of the molecule is CCCCO/C(C(=O)O)=C(\CCC)C(=O)O. The van der Waals surface area contributed by atoms with Crippen molar-refractivity contribution in [2.45, 2.75) is 39.5 Å². The van der Waals surface area contributed by atoms with Crippen LogP contribution in [0.2, 0.25) is 0 Å². The van der Waals surface area contributed by atoms with Crippen LogP contribution in [0.25, 0.3) is 0 Å². The Morgan fingerprint density at radius 1 is 1.06 bits per heavy atom. The molecule has 0 spiro atoms. The topological polar surface area (TPSA) is 83.8 Å². The van der Waals surface area contributed by atoms with Gasteiger partial charge in [-0.15, -0.1) is 0 Å². The van der Waals surface area contributed by atoms with Gasteiger partial charge in [0, 0.05) is 0 Å². The molecule has 2 N–H and O–H groups in total. The Hall–Kier alpha value is -1.52. The van der Waals surface area contributed by atoms with E-state index in [1.54, 1.807) is 6.92 Å². The van der Waals surface area contributed by atoms with Crippen LogP contribution < -0.4 is 0 Å². The van der Waals surface area contributed by atoms with Crippen molar-refractivity contribution in [3.63, 3.8) is 0 Å². The molecule has 0 unspecified atom stereocenters. The van der Waals surface area contributed by atoms with E-state index in [0.29, 0.717) is 12.8 Å².